The maximum absolute atomic E-state index is 12.9. The second-order valence-electron chi connectivity index (χ2n) is 7.70. The molecule has 0 spiro atoms. The Morgan fingerprint density at radius 1 is 1.15 bits per heavy atom. The van der Waals surface area contributed by atoms with Crippen molar-refractivity contribution in [2.24, 2.45) is 5.92 Å². The zero-order valence-corrected chi connectivity index (χ0v) is 15.5. The normalized spacial score (nSPS) is 22.6. The van der Waals surface area contributed by atoms with E-state index in [9.17, 15) is 9.59 Å². The van der Waals surface area contributed by atoms with Crippen molar-refractivity contribution in [1.82, 2.24) is 19.8 Å². The molecule has 0 radical (unpaired) electrons. The van der Waals surface area contributed by atoms with Crippen molar-refractivity contribution in [3.8, 4) is 0 Å². The number of aromatic nitrogens is 2. The van der Waals surface area contributed by atoms with Crippen molar-refractivity contribution < 1.29 is 4.79 Å². The van der Waals surface area contributed by atoms with Gasteiger partial charge in [0.1, 0.15) is 5.69 Å². The zero-order chi connectivity index (χ0) is 18.6. The number of nitrogens with one attached hydrogen (secondary N) is 1. The molecule has 3 saturated heterocycles. The molecule has 1 amide bonds. The number of nitrogens with zero attached hydrogens (tertiary/aromatic N) is 3. The monoisotopic (exact) mass is 366 g/mol. The Bertz CT molecular complexity index is 815. The van der Waals surface area contributed by atoms with Gasteiger partial charge in [0.15, 0.2) is 0 Å². The number of amides is 1. The predicted octanol–water partition coefficient (Wildman–Crippen LogP) is 1.94. The van der Waals surface area contributed by atoms with Crippen molar-refractivity contribution in [3.05, 3.63) is 64.3 Å². The minimum absolute atomic E-state index is 0.0629. The fraction of sp³-hybridized carbons (Fsp3) is 0.476. The van der Waals surface area contributed by atoms with Gasteiger partial charge in [-0.3, -0.25) is 9.59 Å². The first-order valence-corrected chi connectivity index (χ1v) is 9.81. The fourth-order valence-corrected chi connectivity index (χ4v) is 4.37. The summed E-state index contributed by atoms with van der Waals surface area (Å²) in [7, 11) is 0. The molecule has 142 valence electrons. The minimum atomic E-state index is -0.284. The summed E-state index contributed by atoms with van der Waals surface area (Å²) >= 11 is 0. The quantitative estimate of drug-likeness (QED) is 0.878. The van der Waals surface area contributed by atoms with Crippen LogP contribution < -0.4 is 5.56 Å². The largest absolute Gasteiger partial charge is 0.333 e. The van der Waals surface area contributed by atoms with Gasteiger partial charge in [-0.2, -0.15) is 0 Å². The summed E-state index contributed by atoms with van der Waals surface area (Å²) in [5.74, 6) is 0.458. The molecule has 3 aliphatic rings. The van der Waals surface area contributed by atoms with Crippen molar-refractivity contribution >= 4 is 5.91 Å². The lowest BCUT2D eigenvalue weighted by atomic mass is 9.95. The summed E-state index contributed by atoms with van der Waals surface area (Å²) in [6, 6.07) is 10.8. The Labute approximate surface area is 159 Å². The molecule has 2 bridgehead atoms. The second-order valence-corrected chi connectivity index (χ2v) is 7.70. The third-order valence-electron chi connectivity index (χ3n) is 5.72. The van der Waals surface area contributed by atoms with Crippen LogP contribution in [0.5, 0.6) is 0 Å². The van der Waals surface area contributed by atoms with Gasteiger partial charge >= 0.3 is 0 Å². The van der Waals surface area contributed by atoms with Crippen LogP contribution in [0.4, 0.5) is 0 Å². The van der Waals surface area contributed by atoms with E-state index in [1.54, 1.807) is 0 Å². The highest BCUT2D eigenvalue weighted by Crippen LogP contribution is 2.29. The van der Waals surface area contributed by atoms with E-state index in [2.05, 4.69) is 45.2 Å². The number of carbonyl (C=O) groups excluding carboxylic acids is 1. The van der Waals surface area contributed by atoms with Crippen molar-refractivity contribution in [3.63, 3.8) is 0 Å². The SMILES string of the molecule is O=C(c1c[nH]c(=O)cn1)N1C[C@H]2CC[C@@H]1CN(CCCc1ccccc1)C2. The lowest BCUT2D eigenvalue weighted by Crippen LogP contribution is -2.47. The van der Waals surface area contributed by atoms with E-state index in [0.717, 1.165) is 45.4 Å². The molecule has 0 aliphatic carbocycles. The van der Waals surface area contributed by atoms with Crippen LogP contribution in [0.3, 0.4) is 0 Å². The molecule has 1 aromatic heterocycles. The topological polar surface area (TPSA) is 69.3 Å². The molecule has 5 rings (SSSR count). The fourth-order valence-electron chi connectivity index (χ4n) is 4.37. The van der Waals surface area contributed by atoms with Crippen LogP contribution >= 0.6 is 0 Å². The van der Waals surface area contributed by atoms with Crippen molar-refractivity contribution in [1.29, 1.82) is 0 Å². The van der Waals surface area contributed by atoms with E-state index in [0.29, 0.717) is 11.6 Å². The number of benzene rings is 1. The van der Waals surface area contributed by atoms with Crippen LogP contribution in [0.2, 0.25) is 0 Å². The van der Waals surface area contributed by atoms with Gasteiger partial charge in [-0.25, -0.2) is 4.98 Å². The summed E-state index contributed by atoms with van der Waals surface area (Å²) in [6.07, 6.45) is 7.08. The summed E-state index contributed by atoms with van der Waals surface area (Å²) in [5, 5.41) is 0. The van der Waals surface area contributed by atoms with Gasteiger partial charge in [0, 0.05) is 31.9 Å². The Morgan fingerprint density at radius 3 is 2.78 bits per heavy atom. The molecular weight excluding hydrogens is 340 g/mol. The molecule has 0 saturated carbocycles. The van der Waals surface area contributed by atoms with Crippen LogP contribution in [0.1, 0.15) is 35.3 Å². The first-order valence-electron chi connectivity index (χ1n) is 9.81. The van der Waals surface area contributed by atoms with Crippen LogP contribution in [0.15, 0.2) is 47.5 Å². The molecule has 1 N–H and O–H groups in total. The number of hydrogen-bond acceptors (Lipinski definition) is 4. The van der Waals surface area contributed by atoms with E-state index in [1.807, 2.05) is 4.90 Å². The third kappa shape index (κ3) is 4.27. The molecule has 3 fully saturated rings. The van der Waals surface area contributed by atoms with Crippen molar-refractivity contribution in [2.45, 2.75) is 31.7 Å². The maximum Gasteiger partial charge on any atom is 0.274 e. The zero-order valence-electron chi connectivity index (χ0n) is 15.5. The summed E-state index contributed by atoms with van der Waals surface area (Å²) < 4.78 is 0. The number of piperidine rings is 1. The standard InChI is InChI=1S/C21H26N4O2/c26-20-12-22-19(11-23-20)21(27)25-14-17-8-9-18(25)15-24(13-17)10-4-7-16-5-2-1-3-6-16/h1-3,5-6,11-12,17-18H,4,7-10,13-15H2,(H,23,26)/t17-,18+/m0/s1. The lowest BCUT2D eigenvalue weighted by molar-refractivity contribution is 0.0578. The highest BCUT2D eigenvalue weighted by atomic mass is 16.2. The number of H-pyrrole nitrogens is 1. The average Bonchev–Trinajstić information content (AvgIpc) is 3.00. The number of fused-ring (bicyclic) bond motifs is 4. The second kappa shape index (κ2) is 8.05. The minimum Gasteiger partial charge on any atom is -0.333 e. The first-order chi connectivity index (χ1) is 13.2. The molecule has 6 nitrogen and oxygen atoms in total. The van der Waals surface area contributed by atoms with E-state index < -0.39 is 0 Å². The lowest BCUT2D eigenvalue weighted by Gasteiger charge is -2.36. The van der Waals surface area contributed by atoms with E-state index in [4.69, 9.17) is 0 Å². The van der Waals surface area contributed by atoms with Gasteiger partial charge in [0.05, 0.1) is 6.20 Å². The molecule has 27 heavy (non-hydrogen) atoms. The maximum atomic E-state index is 12.9. The number of carbonyl (C=O) groups is 1. The van der Waals surface area contributed by atoms with Gasteiger partial charge < -0.3 is 14.8 Å². The summed E-state index contributed by atoms with van der Waals surface area (Å²) in [5.41, 5.74) is 1.43. The smallest absolute Gasteiger partial charge is 0.274 e. The number of hydrogen-bond donors (Lipinski definition) is 1. The molecule has 1 aromatic carbocycles. The van der Waals surface area contributed by atoms with Crippen LogP contribution in [0, 0.1) is 5.92 Å². The molecule has 4 heterocycles. The molecular formula is C21H26N4O2. The van der Waals surface area contributed by atoms with E-state index >= 15 is 0 Å². The molecule has 6 heteroatoms. The highest BCUT2D eigenvalue weighted by Gasteiger charge is 2.37. The number of rotatable bonds is 5. The summed E-state index contributed by atoms with van der Waals surface area (Å²) in [4.78, 5) is 35.2. The van der Waals surface area contributed by atoms with Gasteiger partial charge in [-0.05, 0) is 43.7 Å². The van der Waals surface area contributed by atoms with E-state index in [-0.39, 0.29) is 17.5 Å². The Kier molecular flexibility index (Phi) is 5.34. The molecule has 3 aliphatic heterocycles. The van der Waals surface area contributed by atoms with E-state index in [1.165, 1.54) is 24.4 Å². The molecule has 2 atom stereocenters. The highest BCUT2D eigenvalue weighted by molar-refractivity contribution is 5.92. The van der Waals surface area contributed by atoms with Gasteiger partial charge in [-0.1, -0.05) is 30.3 Å². The first kappa shape index (κ1) is 17.9. The molecule has 0 unspecified atom stereocenters. The van der Waals surface area contributed by atoms with Gasteiger partial charge in [0.2, 0.25) is 0 Å². The predicted molar refractivity (Wildman–Crippen MR) is 104 cm³/mol. The summed E-state index contributed by atoms with van der Waals surface area (Å²) in [6.45, 7) is 3.86. The average molecular weight is 366 g/mol. The van der Waals surface area contributed by atoms with Crippen LogP contribution in [-0.2, 0) is 6.42 Å². The number of aromatic amines is 1. The molecule has 2 aromatic rings. The Balaban J connectivity index is 1.37. The van der Waals surface area contributed by atoms with Crippen LogP contribution in [-0.4, -0.2) is 57.9 Å². The van der Waals surface area contributed by atoms with Crippen molar-refractivity contribution in [2.75, 3.05) is 26.2 Å². The third-order valence-corrected chi connectivity index (χ3v) is 5.72. The van der Waals surface area contributed by atoms with Gasteiger partial charge in [0.25, 0.3) is 11.5 Å². The Morgan fingerprint density at radius 2 is 2.00 bits per heavy atom. The van der Waals surface area contributed by atoms with Crippen LogP contribution in [0.25, 0.3) is 0 Å². The number of aryl methyl sites for hydroxylation is 1. The Hall–Kier alpha value is -2.47. The van der Waals surface area contributed by atoms with Gasteiger partial charge in [-0.15, -0.1) is 0 Å².